The van der Waals surface area contributed by atoms with Crippen LogP contribution in [0.4, 0.5) is 0 Å². The highest BCUT2D eigenvalue weighted by atomic mass is 16.7. The molecule has 454 valence electrons. The second-order valence-corrected chi connectivity index (χ2v) is 21.9. The van der Waals surface area contributed by atoms with E-state index in [2.05, 4.69) is 50.4 Å². The minimum absolute atomic E-state index is 0.0680. The van der Waals surface area contributed by atoms with Crippen molar-refractivity contribution in [1.29, 1.82) is 0 Å². The van der Waals surface area contributed by atoms with E-state index < -0.39 is 67.4 Å². The molecule has 1 aliphatic rings. The van der Waals surface area contributed by atoms with Crippen LogP contribution in [0, 0.1) is 0 Å². The average molecular weight is 1110 g/mol. The van der Waals surface area contributed by atoms with Gasteiger partial charge in [0.2, 0.25) is 5.91 Å². The maximum absolute atomic E-state index is 13.5. The van der Waals surface area contributed by atoms with E-state index in [1.807, 2.05) is 66.8 Å². The molecule has 11 heteroatoms. The molecule has 0 aromatic heterocycles. The number of allylic oxidation sites excluding steroid dienone is 15. The number of carbonyl (C=O) groups excluding carboxylic acids is 2. The topological polar surface area (TPSA) is 175 Å². The second-order valence-electron chi connectivity index (χ2n) is 21.9. The zero-order chi connectivity index (χ0) is 57.5. The Hall–Kier alpha value is -3.42. The normalized spacial score (nSPS) is 19.5. The molecule has 1 fully saturated rings. The molecule has 1 rings (SSSR count). The van der Waals surface area contributed by atoms with Gasteiger partial charge < -0.3 is 45.1 Å². The molecular formula is C68H117NO10. The standard InChI is InChI=1S/C68H117NO10/c1-4-7-10-13-16-19-22-25-27-29-30-31-33-34-37-40-43-46-49-52-55-61(72)67(76)69-59(60(71)54-51-48-45-42-39-36-24-21-18-15-12-9-6-3)58-77-68-66(65(75)64(74)62(57-70)78-68)79-63(73)56-53-50-47-44-41-38-35-32-28-26-23-20-17-14-11-8-5-2/h8,11,14,17,20,23,25-28,32,35,38,41,51,54,59-62,64-66,68,70-72,74-75H,4-7,9-10,12-13,15-16,18-19,21-22,24,29-31,33-34,36-37,39-40,42-50,52-53,55-58H2,1-3H3,(H,69,76)/b11-8-,17-14+,23-20+,27-25+,28-26-,35-32+,41-38+,54-51+. The molecule has 79 heavy (non-hydrogen) atoms. The first-order valence-electron chi connectivity index (χ1n) is 32.1. The van der Waals surface area contributed by atoms with Crippen molar-refractivity contribution >= 4 is 11.9 Å². The highest BCUT2D eigenvalue weighted by Gasteiger charge is 2.47. The van der Waals surface area contributed by atoms with Crippen LogP contribution in [0.25, 0.3) is 0 Å². The molecule has 11 nitrogen and oxygen atoms in total. The summed E-state index contributed by atoms with van der Waals surface area (Å²) in [5, 5.41) is 57.1. The maximum Gasteiger partial charge on any atom is 0.306 e. The summed E-state index contributed by atoms with van der Waals surface area (Å²) in [5.74, 6) is -1.24. The van der Waals surface area contributed by atoms with Gasteiger partial charge in [-0.05, 0) is 70.6 Å². The van der Waals surface area contributed by atoms with Crippen molar-refractivity contribution in [3.8, 4) is 0 Å². The van der Waals surface area contributed by atoms with E-state index in [1.165, 1.54) is 148 Å². The van der Waals surface area contributed by atoms with Crippen LogP contribution in [-0.4, -0.2) is 99.6 Å². The lowest BCUT2D eigenvalue weighted by Crippen LogP contribution is -2.61. The van der Waals surface area contributed by atoms with Crippen molar-refractivity contribution < 1.29 is 49.3 Å². The quantitative estimate of drug-likeness (QED) is 0.0149. The molecule has 0 bridgehead atoms. The Balaban J connectivity index is 2.70. The Morgan fingerprint density at radius 1 is 0.506 bits per heavy atom. The first-order chi connectivity index (χ1) is 38.7. The summed E-state index contributed by atoms with van der Waals surface area (Å²) in [7, 11) is 0. The van der Waals surface area contributed by atoms with Gasteiger partial charge in [0.1, 0.15) is 24.4 Å². The minimum Gasteiger partial charge on any atom is -0.454 e. The molecule has 0 saturated carbocycles. The molecule has 1 saturated heterocycles. The van der Waals surface area contributed by atoms with Gasteiger partial charge in [-0.2, -0.15) is 0 Å². The lowest BCUT2D eigenvalue weighted by molar-refractivity contribution is -0.305. The van der Waals surface area contributed by atoms with Crippen LogP contribution in [0.2, 0.25) is 0 Å². The van der Waals surface area contributed by atoms with E-state index in [1.54, 1.807) is 6.08 Å². The zero-order valence-corrected chi connectivity index (χ0v) is 50.2. The van der Waals surface area contributed by atoms with Crippen LogP contribution in [-0.2, 0) is 23.8 Å². The van der Waals surface area contributed by atoms with Gasteiger partial charge in [-0.3, -0.25) is 9.59 Å². The van der Waals surface area contributed by atoms with E-state index in [0.29, 0.717) is 12.8 Å². The molecule has 0 aromatic carbocycles. The second kappa shape index (κ2) is 55.1. The van der Waals surface area contributed by atoms with Gasteiger partial charge in [-0.1, -0.05) is 279 Å². The number of rotatable bonds is 53. The molecule has 0 aliphatic carbocycles. The summed E-state index contributed by atoms with van der Waals surface area (Å²) in [5.41, 5.74) is 0. The number of carbonyl (C=O) groups is 2. The van der Waals surface area contributed by atoms with Gasteiger partial charge in [-0.15, -0.1) is 0 Å². The summed E-state index contributed by atoms with van der Waals surface area (Å²) >= 11 is 0. The van der Waals surface area contributed by atoms with Gasteiger partial charge in [0.15, 0.2) is 12.4 Å². The van der Waals surface area contributed by atoms with Gasteiger partial charge in [0, 0.05) is 6.42 Å². The van der Waals surface area contributed by atoms with E-state index >= 15 is 0 Å². The fourth-order valence-electron chi connectivity index (χ4n) is 9.56. The number of unbranched alkanes of at least 4 members (excludes halogenated alkanes) is 30. The highest BCUT2D eigenvalue weighted by Crippen LogP contribution is 2.26. The van der Waals surface area contributed by atoms with Crippen molar-refractivity contribution in [2.24, 2.45) is 0 Å². The molecule has 0 radical (unpaired) electrons. The largest absolute Gasteiger partial charge is 0.454 e. The van der Waals surface area contributed by atoms with Crippen LogP contribution < -0.4 is 5.32 Å². The summed E-state index contributed by atoms with van der Waals surface area (Å²) in [6, 6.07) is -1.04. The summed E-state index contributed by atoms with van der Waals surface area (Å²) in [4.78, 5) is 26.6. The zero-order valence-electron chi connectivity index (χ0n) is 50.2. The number of ether oxygens (including phenoxy) is 3. The highest BCUT2D eigenvalue weighted by molar-refractivity contribution is 5.80. The van der Waals surface area contributed by atoms with Crippen molar-refractivity contribution in [3.63, 3.8) is 0 Å². The van der Waals surface area contributed by atoms with Crippen LogP contribution in [0.15, 0.2) is 97.2 Å². The predicted molar refractivity (Wildman–Crippen MR) is 329 cm³/mol. The lowest BCUT2D eigenvalue weighted by atomic mass is 9.99. The number of hydrogen-bond donors (Lipinski definition) is 6. The molecule has 8 unspecified atom stereocenters. The average Bonchev–Trinajstić information content (AvgIpc) is 3.49. The summed E-state index contributed by atoms with van der Waals surface area (Å²) in [6.45, 7) is 5.62. The van der Waals surface area contributed by atoms with Gasteiger partial charge in [0.05, 0.1) is 25.4 Å². The lowest BCUT2D eigenvalue weighted by Gasteiger charge is -2.41. The van der Waals surface area contributed by atoms with E-state index in [0.717, 1.165) is 64.2 Å². The molecule has 1 amide bonds. The molecule has 8 atom stereocenters. The Morgan fingerprint density at radius 3 is 1.41 bits per heavy atom. The number of hydrogen-bond acceptors (Lipinski definition) is 10. The molecule has 6 N–H and O–H groups in total. The smallest absolute Gasteiger partial charge is 0.306 e. The minimum atomic E-state index is -1.64. The molecular weight excluding hydrogens is 991 g/mol. The first-order valence-corrected chi connectivity index (χ1v) is 32.1. The van der Waals surface area contributed by atoms with E-state index in [9.17, 15) is 35.1 Å². The first kappa shape index (κ1) is 73.6. The van der Waals surface area contributed by atoms with Gasteiger partial charge in [-0.25, -0.2) is 0 Å². The molecule has 0 aromatic rings. The fraction of sp³-hybridized carbons (Fsp3) is 0.735. The Bertz CT molecular complexity index is 1650. The number of nitrogens with one attached hydrogen (secondary N) is 1. The summed E-state index contributed by atoms with van der Waals surface area (Å²) in [6.07, 6.45) is 63.0. The number of amides is 1. The monoisotopic (exact) mass is 1110 g/mol. The van der Waals surface area contributed by atoms with Crippen LogP contribution in [0.3, 0.4) is 0 Å². The SMILES string of the molecule is CC\C=C/C=C/C=C/C=C\C=C\C=C\CCCCCC(=O)OC1C(OCC(NC(=O)C(O)CCCCCCCCCCCC/C=C/CCCCCCCC)C(O)/C=C/CCCCCCCCCCCCC)OC(CO)C(O)C1O. The number of aliphatic hydroxyl groups excluding tert-OH is 5. The van der Waals surface area contributed by atoms with Gasteiger partial charge in [0.25, 0.3) is 0 Å². The molecule has 1 heterocycles. The summed E-state index contributed by atoms with van der Waals surface area (Å²) < 4.78 is 17.6. The van der Waals surface area contributed by atoms with Crippen molar-refractivity contribution in [2.75, 3.05) is 13.2 Å². The van der Waals surface area contributed by atoms with Crippen molar-refractivity contribution in [1.82, 2.24) is 5.32 Å². The predicted octanol–water partition coefficient (Wildman–Crippen LogP) is 15.5. The van der Waals surface area contributed by atoms with Crippen molar-refractivity contribution in [3.05, 3.63) is 97.2 Å². The van der Waals surface area contributed by atoms with E-state index in [4.69, 9.17) is 14.2 Å². The Labute approximate surface area is 482 Å². The Morgan fingerprint density at radius 2 is 0.924 bits per heavy atom. The fourth-order valence-corrected chi connectivity index (χ4v) is 9.56. The third-order valence-corrected chi connectivity index (χ3v) is 14.6. The third kappa shape index (κ3) is 43.0. The Kier molecular flexibility index (Phi) is 51.4. The van der Waals surface area contributed by atoms with Crippen molar-refractivity contribution in [2.45, 2.75) is 307 Å². The van der Waals surface area contributed by atoms with E-state index in [-0.39, 0.29) is 19.4 Å². The van der Waals surface area contributed by atoms with Gasteiger partial charge >= 0.3 is 5.97 Å². The van der Waals surface area contributed by atoms with Crippen LogP contribution in [0.1, 0.15) is 258 Å². The molecule has 1 aliphatic heterocycles. The third-order valence-electron chi connectivity index (χ3n) is 14.6. The van der Waals surface area contributed by atoms with Crippen LogP contribution >= 0.6 is 0 Å². The number of aliphatic hydroxyl groups is 5. The maximum atomic E-state index is 13.5. The van der Waals surface area contributed by atoms with Crippen LogP contribution in [0.5, 0.6) is 0 Å². The molecule has 0 spiro atoms. The number of esters is 1.